The molecule has 6 heteroatoms. The summed E-state index contributed by atoms with van der Waals surface area (Å²) in [6.45, 7) is 2.50. The molecule has 4 rings (SSSR count). The fourth-order valence-electron chi connectivity index (χ4n) is 2.76. The van der Waals surface area contributed by atoms with Crippen molar-refractivity contribution in [2.75, 3.05) is 18.4 Å². The summed E-state index contributed by atoms with van der Waals surface area (Å²) in [6, 6.07) is 10.3. The molecule has 0 aliphatic carbocycles. The molecule has 0 bridgehead atoms. The molecule has 4 nitrogen and oxygen atoms in total. The Morgan fingerprint density at radius 2 is 1.80 bits per heavy atom. The molecule has 1 saturated heterocycles. The van der Waals surface area contributed by atoms with Gasteiger partial charge in [-0.2, -0.15) is 0 Å². The Bertz CT molecular complexity index is 823. The molecule has 2 heterocycles. The summed E-state index contributed by atoms with van der Waals surface area (Å²) in [5.74, 6) is -0.317. The normalized spacial score (nSPS) is 17.0. The second-order valence-electron chi connectivity index (χ2n) is 5.84. The van der Waals surface area contributed by atoms with Crippen LogP contribution in [0.4, 0.5) is 5.69 Å². The number of rotatable bonds is 1. The molecule has 3 N–H and O–H groups in total. The van der Waals surface area contributed by atoms with Crippen molar-refractivity contribution in [2.45, 2.75) is 12.8 Å². The average molecular weight is 377 g/mol. The SMILES string of the molecule is C1CCNC1.O=C1Nc2ccccc2C1=Cc1cc(Cl)cc(Cl)c1O. The standard InChI is InChI=1S/C15H9Cl2NO2.C4H9N/c16-9-5-8(14(19)12(17)7-9)6-11-10-3-1-2-4-13(10)18-15(11)20;1-2-4-5-3-1/h1-7,19H,(H,18,20);5H,1-4H2. The average Bonchev–Trinajstić information content (AvgIpc) is 3.25. The Kier molecular flexibility index (Phi) is 5.63. The molecule has 0 radical (unpaired) electrons. The molecule has 2 aliphatic rings. The van der Waals surface area contributed by atoms with Crippen molar-refractivity contribution in [3.05, 3.63) is 57.6 Å². The number of aromatic hydroxyl groups is 1. The monoisotopic (exact) mass is 376 g/mol. The van der Waals surface area contributed by atoms with Gasteiger partial charge in [0.15, 0.2) is 0 Å². The van der Waals surface area contributed by atoms with Crippen molar-refractivity contribution < 1.29 is 9.90 Å². The zero-order valence-electron chi connectivity index (χ0n) is 13.5. The molecule has 2 aliphatic heterocycles. The fourth-order valence-corrected chi connectivity index (χ4v) is 3.27. The van der Waals surface area contributed by atoms with E-state index >= 15 is 0 Å². The van der Waals surface area contributed by atoms with Crippen molar-refractivity contribution in [1.82, 2.24) is 5.32 Å². The number of phenolic OH excluding ortho intramolecular Hbond substituents is 1. The van der Waals surface area contributed by atoms with Gasteiger partial charge >= 0.3 is 0 Å². The Labute approximate surface area is 156 Å². The van der Waals surface area contributed by atoms with Gasteiger partial charge in [0, 0.05) is 27.4 Å². The van der Waals surface area contributed by atoms with Gasteiger partial charge in [0.2, 0.25) is 0 Å². The number of fused-ring (bicyclic) bond motifs is 1. The molecule has 2 aromatic rings. The largest absolute Gasteiger partial charge is 0.506 e. The van der Waals surface area contributed by atoms with E-state index in [2.05, 4.69) is 10.6 Å². The number of hydrogen-bond donors (Lipinski definition) is 3. The Morgan fingerprint density at radius 3 is 2.48 bits per heavy atom. The molecule has 25 heavy (non-hydrogen) atoms. The maximum absolute atomic E-state index is 12.0. The summed E-state index contributed by atoms with van der Waals surface area (Å²) in [4.78, 5) is 12.0. The van der Waals surface area contributed by atoms with Crippen molar-refractivity contribution in [3.8, 4) is 5.75 Å². The van der Waals surface area contributed by atoms with Crippen LogP contribution in [-0.4, -0.2) is 24.1 Å². The molecule has 0 saturated carbocycles. The molecule has 0 spiro atoms. The highest BCUT2D eigenvalue weighted by molar-refractivity contribution is 6.37. The number of benzene rings is 2. The van der Waals surface area contributed by atoms with Crippen LogP contribution < -0.4 is 10.6 Å². The molecule has 130 valence electrons. The maximum Gasteiger partial charge on any atom is 0.256 e. The summed E-state index contributed by atoms with van der Waals surface area (Å²) < 4.78 is 0. The number of halogens is 2. The number of para-hydroxylation sites is 1. The predicted molar refractivity (Wildman–Crippen MR) is 103 cm³/mol. The van der Waals surface area contributed by atoms with Crippen LogP contribution in [0.15, 0.2) is 36.4 Å². The number of carbonyl (C=O) groups is 1. The van der Waals surface area contributed by atoms with E-state index in [1.807, 2.05) is 24.3 Å². The highest BCUT2D eigenvalue weighted by atomic mass is 35.5. The zero-order valence-corrected chi connectivity index (χ0v) is 15.0. The summed E-state index contributed by atoms with van der Waals surface area (Å²) >= 11 is 11.8. The van der Waals surface area contributed by atoms with Crippen LogP contribution in [-0.2, 0) is 4.79 Å². The van der Waals surface area contributed by atoms with Crippen LogP contribution in [0.5, 0.6) is 5.75 Å². The minimum Gasteiger partial charge on any atom is -0.506 e. The van der Waals surface area contributed by atoms with Crippen molar-refractivity contribution in [1.29, 1.82) is 0 Å². The number of phenols is 1. The highest BCUT2D eigenvalue weighted by Crippen LogP contribution is 2.37. The number of anilines is 1. The Morgan fingerprint density at radius 1 is 1.08 bits per heavy atom. The van der Waals surface area contributed by atoms with Crippen LogP contribution in [0.25, 0.3) is 11.6 Å². The van der Waals surface area contributed by atoms with Crippen LogP contribution >= 0.6 is 23.2 Å². The van der Waals surface area contributed by atoms with Crippen molar-refractivity contribution >= 4 is 46.4 Å². The number of amides is 1. The third-order valence-electron chi connectivity index (χ3n) is 4.02. The molecule has 1 fully saturated rings. The van der Waals surface area contributed by atoms with Gasteiger partial charge < -0.3 is 15.7 Å². The fraction of sp³-hybridized carbons (Fsp3) is 0.211. The van der Waals surface area contributed by atoms with Gasteiger partial charge in [-0.1, -0.05) is 41.4 Å². The van der Waals surface area contributed by atoms with E-state index in [0.717, 1.165) is 11.3 Å². The van der Waals surface area contributed by atoms with Crippen LogP contribution in [0.1, 0.15) is 24.0 Å². The lowest BCUT2D eigenvalue weighted by Gasteiger charge is -2.04. The summed E-state index contributed by atoms with van der Waals surface area (Å²) in [5, 5.41) is 16.5. The highest BCUT2D eigenvalue weighted by Gasteiger charge is 2.23. The molecule has 0 atom stereocenters. The summed E-state index contributed by atoms with van der Waals surface area (Å²) in [5.41, 5.74) is 2.41. The first-order chi connectivity index (χ1) is 12.1. The van der Waals surface area contributed by atoms with E-state index in [9.17, 15) is 9.90 Å². The lowest BCUT2D eigenvalue weighted by atomic mass is 10.0. The van der Waals surface area contributed by atoms with Gasteiger partial charge in [-0.3, -0.25) is 4.79 Å². The minimum absolute atomic E-state index is 0.0965. The second kappa shape index (κ2) is 7.91. The molecule has 0 unspecified atom stereocenters. The first kappa shape index (κ1) is 17.8. The Balaban J connectivity index is 0.000000314. The summed E-state index contributed by atoms with van der Waals surface area (Å²) in [6.07, 6.45) is 4.36. The van der Waals surface area contributed by atoms with Crippen LogP contribution in [0.2, 0.25) is 10.0 Å². The lowest BCUT2D eigenvalue weighted by molar-refractivity contribution is -0.110. The number of carbonyl (C=O) groups excluding carboxylic acids is 1. The smallest absolute Gasteiger partial charge is 0.256 e. The van der Waals surface area contributed by atoms with E-state index in [1.54, 1.807) is 12.1 Å². The molecule has 2 aromatic carbocycles. The van der Waals surface area contributed by atoms with Crippen molar-refractivity contribution in [2.24, 2.45) is 0 Å². The third kappa shape index (κ3) is 4.15. The van der Waals surface area contributed by atoms with Gasteiger partial charge in [-0.05, 0) is 50.2 Å². The third-order valence-corrected chi connectivity index (χ3v) is 4.53. The van der Waals surface area contributed by atoms with E-state index in [4.69, 9.17) is 23.2 Å². The topological polar surface area (TPSA) is 61.4 Å². The first-order valence-electron chi connectivity index (χ1n) is 8.07. The lowest BCUT2D eigenvalue weighted by Crippen LogP contribution is -2.03. The van der Waals surface area contributed by atoms with Gasteiger partial charge in [0.05, 0.1) is 5.02 Å². The van der Waals surface area contributed by atoms with E-state index < -0.39 is 0 Å². The van der Waals surface area contributed by atoms with Gasteiger partial charge in [0.1, 0.15) is 5.75 Å². The van der Waals surface area contributed by atoms with Gasteiger partial charge in [-0.25, -0.2) is 0 Å². The molecular formula is C19H18Cl2N2O2. The van der Waals surface area contributed by atoms with Crippen LogP contribution in [0.3, 0.4) is 0 Å². The molecule has 1 amide bonds. The predicted octanol–water partition coefficient (Wildman–Crippen LogP) is 4.56. The van der Waals surface area contributed by atoms with Crippen molar-refractivity contribution in [3.63, 3.8) is 0 Å². The molecule has 0 aromatic heterocycles. The van der Waals surface area contributed by atoms with E-state index in [0.29, 0.717) is 16.2 Å². The maximum atomic E-state index is 12.0. The van der Waals surface area contributed by atoms with E-state index in [1.165, 1.54) is 32.0 Å². The second-order valence-corrected chi connectivity index (χ2v) is 6.68. The quantitative estimate of drug-likeness (QED) is 0.639. The number of nitrogens with one attached hydrogen (secondary N) is 2. The van der Waals surface area contributed by atoms with Crippen LogP contribution in [0, 0.1) is 0 Å². The number of hydrogen-bond acceptors (Lipinski definition) is 3. The minimum atomic E-state index is -0.221. The zero-order chi connectivity index (χ0) is 17.8. The molecular weight excluding hydrogens is 359 g/mol. The van der Waals surface area contributed by atoms with E-state index in [-0.39, 0.29) is 16.7 Å². The summed E-state index contributed by atoms with van der Waals surface area (Å²) in [7, 11) is 0. The Hall–Kier alpha value is -2.01. The van der Waals surface area contributed by atoms with Gasteiger partial charge in [0.25, 0.3) is 5.91 Å². The van der Waals surface area contributed by atoms with Gasteiger partial charge in [-0.15, -0.1) is 0 Å². The first-order valence-corrected chi connectivity index (χ1v) is 8.83.